The van der Waals surface area contributed by atoms with Gasteiger partial charge in [0, 0.05) is 58.0 Å². The molecule has 1 aromatic carbocycles. The molecule has 3 rings (SSSR count). The molecule has 2 N–H and O–H groups in total. The number of para-hydroxylation sites is 1. The number of nitrogens with zero attached hydrogens (tertiary/aromatic N) is 3. The van der Waals surface area contributed by atoms with E-state index in [4.69, 9.17) is 4.74 Å². The van der Waals surface area contributed by atoms with Crippen molar-refractivity contribution in [3.63, 3.8) is 0 Å². The lowest BCUT2D eigenvalue weighted by Crippen LogP contribution is -2.46. The number of nitrogens with one attached hydrogen (secondary N) is 2. The number of amides is 1. The predicted octanol–water partition coefficient (Wildman–Crippen LogP) is 0.925. The van der Waals surface area contributed by atoms with Crippen LogP contribution in [0, 0.1) is 5.92 Å². The Morgan fingerprint density at radius 2 is 2.11 bits per heavy atom. The molecule has 7 nitrogen and oxygen atoms in total. The molecule has 148 valence electrons. The first-order valence-electron chi connectivity index (χ1n) is 9.74. The van der Waals surface area contributed by atoms with Gasteiger partial charge >= 0.3 is 0 Å². The first-order valence-corrected chi connectivity index (χ1v) is 9.74. The van der Waals surface area contributed by atoms with Crippen molar-refractivity contribution in [1.82, 2.24) is 15.5 Å². The summed E-state index contributed by atoms with van der Waals surface area (Å²) in [5, 5.41) is 6.93. The summed E-state index contributed by atoms with van der Waals surface area (Å²) in [6.45, 7) is 4.54. The molecule has 2 saturated heterocycles. The molecule has 2 aliphatic heterocycles. The average Bonchev–Trinajstić information content (AvgIpc) is 3.36. The topological polar surface area (TPSA) is 69.2 Å². The van der Waals surface area contributed by atoms with Crippen molar-refractivity contribution in [2.24, 2.45) is 10.9 Å². The van der Waals surface area contributed by atoms with Crippen molar-refractivity contribution >= 4 is 17.6 Å². The van der Waals surface area contributed by atoms with E-state index in [0.717, 1.165) is 51.6 Å². The number of hydrogen-bond donors (Lipinski definition) is 2. The van der Waals surface area contributed by atoms with E-state index in [1.165, 1.54) is 5.69 Å². The van der Waals surface area contributed by atoms with Gasteiger partial charge in [0.25, 0.3) is 0 Å². The summed E-state index contributed by atoms with van der Waals surface area (Å²) in [5.74, 6) is 1.22. The van der Waals surface area contributed by atoms with Crippen LogP contribution in [0.25, 0.3) is 0 Å². The third kappa shape index (κ3) is 5.85. The summed E-state index contributed by atoms with van der Waals surface area (Å²) in [6, 6.07) is 10.8. The Morgan fingerprint density at radius 3 is 2.81 bits per heavy atom. The Labute approximate surface area is 161 Å². The molecule has 1 amide bonds. The maximum atomic E-state index is 11.9. The van der Waals surface area contributed by atoms with Crippen LogP contribution in [0.3, 0.4) is 0 Å². The summed E-state index contributed by atoms with van der Waals surface area (Å²) in [6.07, 6.45) is 2.12. The molecule has 7 heteroatoms. The molecular weight excluding hydrogens is 342 g/mol. The largest absolute Gasteiger partial charge is 0.381 e. The van der Waals surface area contributed by atoms with Crippen molar-refractivity contribution in [3.8, 4) is 0 Å². The predicted molar refractivity (Wildman–Crippen MR) is 108 cm³/mol. The van der Waals surface area contributed by atoms with Gasteiger partial charge in [0.05, 0.1) is 6.61 Å². The number of ether oxygens (including phenoxy) is 1. The van der Waals surface area contributed by atoms with Crippen LogP contribution in [-0.2, 0) is 9.53 Å². The van der Waals surface area contributed by atoms with Crippen LogP contribution < -0.4 is 15.5 Å². The minimum absolute atomic E-state index is 0.00219. The quantitative estimate of drug-likeness (QED) is 0.573. The fourth-order valence-corrected chi connectivity index (χ4v) is 3.37. The first kappa shape index (κ1) is 19.5. The number of anilines is 1. The molecule has 2 fully saturated rings. The molecule has 0 radical (unpaired) electrons. The fraction of sp³-hybridized carbons (Fsp3) is 0.600. The molecule has 0 saturated carbocycles. The zero-order valence-electron chi connectivity index (χ0n) is 16.4. The van der Waals surface area contributed by atoms with Crippen LogP contribution >= 0.6 is 0 Å². The summed E-state index contributed by atoms with van der Waals surface area (Å²) in [5.41, 5.74) is 1.25. The van der Waals surface area contributed by atoms with Crippen LogP contribution in [0.4, 0.5) is 5.69 Å². The van der Waals surface area contributed by atoms with Gasteiger partial charge in [-0.1, -0.05) is 18.2 Å². The highest BCUT2D eigenvalue weighted by Crippen LogP contribution is 2.19. The van der Waals surface area contributed by atoms with Crippen LogP contribution in [0.2, 0.25) is 0 Å². The lowest BCUT2D eigenvalue weighted by atomic mass is 10.1. The van der Waals surface area contributed by atoms with Gasteiger partial charge in [-0.05, 0) is 25.0 Å². The Balaban J connectivity index is 1.56. The molecule has 2 heterocycles. The number of carbonyl (C=O) groups is 1. The van der Waals surface area contributed by atoms with Gasteiger partial charge in [-0.15, -0.1) is 0 Å². The first-order chi connectivity index (χ1) is 13.1. The Bertz CT molecular complexity index is 629. The molecule has 2 unspecified atom stereocenters. The highest BCUT2D eigenvalue weighted by molar-refractivity contribution is 5.85. The maximum absolute atomic E-state index is 11.9. The molecular formula is C20H31N5O2. The number of rotatable bonds is 6. The smallest absolute Gasteiger partial charge is 0.243 e. The molecule has 1 aromatic rings. The van der Waals surface area contributed by atoms with Gasteiger partial charge in [-0.2, -0.15) is 0 Å². The van der Waals surface area contributed by atoms with E-state index < -0.39 is 0 Å². The number of carbonyl (C=O) groups excluding carboxylic acids is 1. The monoisotopic (exact) mass is 373 g/mol. The van der Waals surface area contributed by atoms with E-state index in [1.807, 2.05) is 6.07 Å². The standard InChI is InChI=1S/C20H31N5O2/c1-24(2)19(26)13-22-20(21-12-16-9-11-27-15-16)23-17-8-10-25(14-17)18-6-4-3-5-7-18/h3-7,16-17H,8-15H2,1-2H3,(H2,21,22,23). The normalized spacial score (nSPS) is 22.7. The van der Waals surface area contributed by atoms with Gasteiger partial charge < -0.3 is 25.2 Å². The number of guanidine groups is 1. The Kier molecular flexibility index (Phi) is 6.92. The van der Waals surface area contributed by atoms with Gasteiger partial charge in [0.2, 0.25) is 5.91 Å². The molecule has 0 spiro atoms. The van der Waals surface area contributed by atoms with E-state index in [-0.39, 0.29) is 12.5 Å². The van der Waals surface area contributed by atoms with E-state index in [2.05, 4.69) is 44.8 Å². The third-order valence-electron chi connectivity index (χ3n) is 5.10. The summed E-state index contributed by atoms with van der Waals surface area (Å²) in [7, 11) is 3.51. The SMILES string of the molecule is CN(C)C(=O)CN=C(NCC1CCOC1)NC1CCN(c2ccccc2)C1. The Morgan fingerprint density at radius 1 is 1.30 bits per heavy atom. The van der Waals surface area contributed by atoms with Crippen molar-refractivity contribution < 1.29 is 9.53 Å². The highest BCUT2D eigenvalue weighted by Gasteiger charge is 2.24. The second kappa shape index (κ2) is 9.60. The van der Waals surface area contributed by atoms with Gasteiger partial charge in [-0.3, -0.25) is 4.79 Å². The third-order valence-corrected chi connectivity index (χ3v) is 5.10. The lowest BCUT2D eigenvalue weighted by molar-refractivity contribution is -0.127. The lowest BCUT2D eigenvalue weighted by Gasteiger charge is -2.21. The molecule has 2 aliphatic rings. The van der Waals surface area contributed by atoms with Crippen LogP contribution in [-0.4, -0.2) is 76.3 Å². The zero-order chi connectivity index (χ0) is 19.1. The highest BCUT2D eigenvalue weighted by atomic mass is 16.5. The molecule has 0 aliphatic carbocycles. The molecule has 2 atom stereocenters. The van der Waals surface area contributed by atoms with E-state index in [1.54, 1.807) is 19.0 Å². The average molecular weight is 374 g/mol. The number of benzene rings is 1. The van der Waals surface area contributed by atoms with Gasteiger partial charge in [-0.25, -0.2) is 4.99 Å². The summed E-state index contributed by atoms with van der Waals surface area (Å²) in [4.78, 5) is 20.4. The van der Waals surface area contributed by atoms with E-state index in [9.17, 15) is 4.79 Å². The summed E-state index contributed by atoms with van der Waals surface area (Å²) >= 11 is 0. The molecule has 0 aromatic heterocycles. The summed E-state index contributed by atoms with van der Waals surface area (Å²) < 4.78 is 5.45. The van der Waals surface area contributed by atoms with Crippen molar-refractivity contribution in [2.45, 2.75) is 18.9 Å². The fourth-order valence-electron chi connectivity index (χ4n) is 3.37. The minimum atomic E-state index is -0.00219. The second-order valence-corrected chi connectivity index (χ2v) is 7.48. The van der Waals surface area contributed by atoms with Crippen LogP contribution in [0.5, 0.6) is 0 Å². The molecule has 0 bridgehead atoms. The van der Waals surface area contributed by atoms with Crippen LogP contribution in [0.1, 0.15) is 12.8 Å². The second-order valence-electron chi connectivity index (χ2n) is 7.48. The van der Waals surface area contributed by atoms with Crippen molar-refractivity contribution in [2.75, 3.05) is 58.4 Å². The zero-order valence-corrected chi connectivity index (χ0v) is 16.4. The molecule has 27 heavy (non-hydrogen) atoms. The number of aliphatic imine (C=N–C) groups is 1. The van der Waals surface area contributed by atoms with Crippen LogP contribution in [0.15, 0.2) is 35.3 Å². The maximum Gasteiger partial charge on any atom is 0.243 e. The van der Waals surface area contributed by atoms with Gasteiger partial charge in [0.15, 0.2) is 5.96 Å². The van der Waals surface area contributed by atoms with Crippen molar-refractivity contribution in [1.29, 1.82) is 0 Å². The number of likely N-dealkylation sites (N-methyl/N-ethyl adjacent to an activating group) is 1. The number of hydrogen-bond acceptors (Lipinski definition) is 4. The van der Waals surface area contributed by atoms with E-state index in [0.29, 0.717) is 12.0 Å². The van der Waals surface area contributed by atoms with E-state index >= 15 is 0 Å². The van der Waals surface area contributed by atoms with Gasteiger partial charge in [0.1, 0.15) is 6.54 Å². The minimum Gasteiger partial charge on any atom is -0.381 e. The Hall–Kier alpha value is -2.28. The van der Waals surface area contributed by atoms with Crippen molar-refractivity contribution in [3.05, 3.63) is 30.3 Å².